The maximum Gasteiger partial charge on any atom is 0.276 e. The predicted molar refractivity (Wildman–Crippen MR) is 101 cm³/mol. The van der Waals surface area contributed by atoms with Gasteiger partial charge in [-0.3, -0.25) is 25.8 Å². The summed E-state index contributed by atoms with van der Waals surface area (Å²) in [7, 11) is 0. The number of rotatable bonds is 6. The molecule has 0 atom stereocenters. The lowest BCUT2D eigenvalue weighted by Crippen LogP contribution is -2.50. The number of hydrogen-bond donors (Lipinski definition) is 3. The molecule has 0 radical (unpaired) electrons. The Labute approximate surface area is 156 Å². The van der Waals surface area contributed by atoms with Gasteiger partial charge in [-0.05, 0) is 43.4 Å². The molecule has 0 aliphatic rings. The van der Waals surface area contributed by atoms with E-state index in [1.807, 2.05) is 25.1 Å². The number of amides is 2. The number of nitrogens with one attached hydrogen (secondary N) is 3. The molecule has 7 nitrogen and oxygen atoms in total. The molecule has 0 unspecified atom stereocenters. The van der Waals surface area contributed by atoms with Crippen molar-refractivity contribution in [2.45, 2.75) is 6.92 Å². The Morgan fingerprint density at radius 1 is 0.846 bits per heavy atom. The zero-order valence-corrected chi connectivity index (χ0v) is 15.0. The number of para-hydroxylation sites is 1. The first-order chi connectivity index (χ1) is 12.5. The van der Waals surface area contributed by atoms with Gasteiger partial charge in [-0.25, -0.2) is 0 Å². The molecular weight excluding hydrogens is 354 g/mol. The summed E-state index contributed by atoms with van der Waals surface area (Å²) in [4.78, 5) is 23.4. The highest BCUT2D eigenvalue weighted by molar-refractivity contribution is 7.80. The van der Waals surface area contributed by atoms with Crippen LogP contribution in [0.3, 0.4) is 0 Å². The maximum atomic E-state index is 11.7. The van der Waals surface area contributed by atoms with Crippen LogP contribution < -0.4 is 25.6 Å². The van der Waals surface area contributed by atoms with Crippen molar-refractivity contribution in [1.82, 2.24) is 16.2 Å². The molecule has 2 aromatic carbocycles. The second-order valence-electron chi connectivity index (χ2n) is 5.25. The first kappa shape index (κ1) is 19.2. The number of aryl methyl sites for hydroxylation is 1. The smallest absolute Gasteiger partial charge is 0.276 e. The third-order valence-electron chi connectivity index (χ3n) is 3.07. The van der Waals surface area contributed by atoms with E-state index in [1.54, 1.807) is 36.4 Å². The van der Waals surface area contributed by atoms with Crippen LogP contribution in [0.15, 0.2) is 54.6 Å². The van der Waals surface area contributed by atoms with Crippen molar-refractivity contribution in [1.29, 1.82) is 0 Å². The van der Waals surface area contributed by atoms with Gasteiger partial charge in [0.05, 0.1) is 0 Å². The normalized spacial score (nSPS) is 9.73. The molecule has 2 amide bonds. The lowest BCUT2D eigenvalue weighted by atomic mass is 10.2. The van der Waals surface area contributed by atoms with E-state index in [4.69, 9.17) is 21.7 Å². The summed E-state index contributed by atoms with van der Waals surface area (Å²) in [5.41, 5.74) is 5.84. The van der Waals surface area contributed by atoms with Gasteiger partial charge < -0.3 is 9.47 Å². The molecule has 3 N–H and O–H groups in total. The van der Waals surface area contributed by atoms with E-state index in [2.05, 4.69) is 16.2 Å². The Morgan fingerprint density at radius 3 is 2.08 bits per heavy atom. The maximum absolute atomic E-state index is 11.7. The fourth-order valence-corrected chi connectivity index (χ4v) is 1.97. The Morgan fingerprint density at radius 2 is 1.42 bits per heavy atom. The van der Waals surface area contributed by atoms with Crippen LogP contribution in [0, 0.1) is 6.92 Å². The highest BCUT2D eigenvalue weighted by Crippen LogP contribution is 2.10. The topological polar surface area (TPSA) is 88.7 Å². The van der Waals surface area contributed by atoms with Gasteiger partial charge >= 0.3 is 0 Å². The van der Waals surface area contributed by atoms with Crippen LogP contribution in [-0.4, -0.2) is 30.1 Å². The summed E-state index contributed by atoms with van der Waals surface area (Å²) in [6, 6.07) is 16.2. The summed E-state index contributed by atoms with van der Waals surface area (Å²) < 4.78 is 10.6. The lowest BCUT2D eigenvalue weighted by Gasteiger charge is -2.12. The molecule has 2 rings (SSSR count). The number of thiocarbonyl (C=S) groups is 1. The summed E-state index contributed by atoms with van der Waals surface area (Å²) in [5.74, 6) is 0.266. The largest absolute Gasteiger partial charge is 0.484 e. The first-order valence-corrected chi connectivity index (χ1v) is 8.20. The Kier molecular flexibility index (Phi) is 7.38. The SMILES string of the molecule is Cc1ccc(OCC(=O)NC(=S)NNC(=O)COc2ccccc2)cc1. The second-order valence-corrected chi connectivity index (χ2v) is 5.66. The van der Waals surface area contributed by atoms with Crippen LogP contribution in [-0.2, 0) is 9.59 Å². The molecule has 2 aromatic rings. The molecule has 0 saturated carbocycles. The van der Waals surface area contributed by atoms with E-state index in [0.29, 0.717) is 11.5 Å². The monoisotopic (exact) mass is 373 g/mol. The van der Waals surface area contributed by atoms with Crippen molar-refractivity contribution in [3.63, 3.8) is 0 Å². The molecule has 136 valence electrons. The van der Waals surface area contributed by atoms with Crippen molar-refractivity contribution in [3.05, 3.63) is 60.2 Å². The Balaban J connectivity index is 1.62. The van der Waals surface area contributed by atoms with Crippen molar-refractivity contribution >= 4 is 29.1 Å². The zero-order valence-electron chi connectivity index (χ0n) is 14.2. The van der Waals surface area contributed by atoms with Gasteiger partial charge in [-0.15, -0.1) is 0 Å². The standard InChI is InChI=1S/C18H19N3O4S/c1-13-7-9-15(10-8-13)24-11-16(22)19-18(26)21-20-17(23)12-25-14-5-3-2-4-6-14/h2-10H,11-12H2,1H3,(H,20,23)(H2,19,21,22,26). The Hall–Kier alpha value is -3.13. The van der Waals surface area contributed by atoms with Crippen LogP contribution in [0.5, 0.6) is 11.5 Å². The molecule has 0 heterocycles. The van der Waals surface area contributed by atoms with E-state index in [-0.39, 0.29) is 18.3 Å². The van der Waals surface area contributed by atoms with Gasteiger partial charge in [-0.2, -0.15) is 0 Å². The van der Waals surface area contributed by atoms with Crippen LogP contribution in [0.1, 0.15) is 5.56 Å². The first-order valence-electron chi connectivity index (χ1n) is 7.79. The molecule has 0 aliphatic carbocycles. The van der Waals surface area contributed by atoms with Gasteiger partial charge in [-0.1, -0.05) is 35.9 Å². The average Bonchev–Trinajstić information content (AvgIpc) is 2.65. The van der Waals surface area contributed by atoms with E-state index >= 15 is 0 Å². The van der Waals surface area contributed by atoms with Gasteiger partial charge in [0.25, 0.3) is 11.8 Å². The van der Waals surface area contributed by atoms with Crippen LogP contribution in [0.25, 0.3) is 0 Å². The van der Waals surface area contributed by atoms with Crippen LogP contribution in [0.2, 0.25) is 0 Å². The highest BCUT2D eigenvalue weighted by Gasteiger charge is 2.07. The zero-order chi connectivity index (χ0) is 18.8. The number of hydrogen-bond acceptors (Lipinski definition) is 5. The van der Waals surface area contributed by atoms with E-state index < -0.39 is 11.8 Å². The summed E-state index contributed by atoms with van der Waals surface area (Å²) in [6.07, 6.45) is 0. The molecule has 0 bridgehead atoms. The van der Waals surface area contributed by atoms with Crippen molar-refractivity contribution in [2.75, 3.05) is 13.2 Å². The predicted octanol–water partition coefficient (Wildman–Crippen LogP) is 1.47. The average molecular weight is 373 g/mol. The highest BCUT2D eigenvalue weighted by atomic mass is 32.1. The summed E-state index contributed by atoms with van der Waals surface area (Å²) in [6.45, 7) is 1.57. The summed E-state index contributed by atoms with van der Waals surface area (Å²) >= 11 is 4.92. The van der Waals surface area contributed by atoms with Crippen LogP contribution in [0.4, 0.5) is 0 Å². The molecule has 0 fully saturated rings. The molecule has 0 saturated heterocycles. The van der Waals surface area contributed by atoms with E-state index in [0.717, 1.165) is 5.56 Å². The fraction of sp³-hybridized carbons (Fsp3) is 0.167. The van der Waals surface area contributed by atoms with Gasteiger partial charge in [0.2, 0.25) is 0 Å². The van der Waals surface area contributed by atoms with Gasteiger partial charge in [0, 0.05) is 0 Å². The molecule has 0 aromatic heterocycles. The second kappa shape index (κ2) is 10.00. The number of carbonyl (C=O) groups is 2. The molecule has 8 heteroatoms. The quantitative estimate of drug-likeness (QED) is 0.525. The van der Waals surface area contributed by atoms with E-state index in [9.17, 15) is 9.59 Å². The summed E-state index contributed by atoms with van der Waals surface area (Å²) in [5, 5.41) is 2.35. The molecular formula is C18H19N3O4S. The minimum Gasteiger partial charge on any atom is -0.484 e. The number of benzene rings is 2. The number of hydrazine groups is 1. The van der Waals surface area contributed by atoms with Crippen LogP contribution >= 0.6 is 12.2 Å². The van der Waals surface area contributed by atoms with Crippen molar-refractivity contribution in [3.8, 4) is 11.5 Å². The van der Waals surface area contributed by atoms with E-state index in [1.165, 1.54) is 0 Å². The van der Waals surface area contributed by atoms with Crippen molar-refractivity contribution in [2.24, 2.45) is 0 Å². The molecule has 0 spiro atoms. The fourth-order valence-electron chi connectivity index (χ4n) is 1.81. The lowest BCUT2D eigenvalue weighted by molar-refractivity contribution is -0.124. The third kappa shape index (κ3) is 7.18. The minimum atomic E-state index is -0.446. The molecule has 0 aliphatic heterocycles. The third-order valence-corrected chi connectivity index (χ3v) is 3.28. The van der Waals surface area contributed by atoms with Crippen molar-refractivity contribution < 1.29 is 19.1 Å². The minimum absolute atomic E-state index is 0.0458. The number of carbonyl (C=O) groups excluding carboxylic acids is 2. The van der Waals surface area contributed by atoms with Gasteiger partial charge in [0.15, 0.2) is 18.3 Å². The van der Waals surface area contributed by atoms with Gasteiger partial charge in [0.1, 0.15) is 11.5 Å². The Bertz CT molecular complexity index is 751. The molecule has 26 heavy (non-hydrogen) atoms. The number of ether oxygens (including phenoxy) is 2.